The van der Waals surface area contributed by atoms with Gasteiger partial charge in [0.15, 0.2) is 0 Å². The fourth-order valence-electron chi connectivity index (χ4n) is 3.36. The predicted octanol–water partition coefficient (Wildman–Crippen LogP) is 2.24. The lowest BCUT2D eigenvalue weighted by atomic mass is 9.88. The lowest BCUT2D eigenvalue weighted by Gasteiger charge is -2.38. The first-order valence-electron chi connectivity index (χ1n) is 7.66. The van der Waals surface area contributed by atoms with Gasteiger partial charge in [0.05, 0.1) is 18.3 Å². The number of rotatable bonds is 4. The third-order valence-electron chi connectivity index (χ3n) is 4.50. The van der Waals surface area contributed by atoms with E-state index < -0.39 is 0 Å². The zero-order chi connectivity index (χ0) is 13.8. The van der Waals surface area contributed by atoms with Crippen molar-refractivity contribution >= 4 is 0 Å². The Morgan fingerprint density at radius 3 is 2.80 bits per heavy atom. The van der Waals surface area contributed by atoms with E-state index in [0.29, 0.717) is 6.10 Å². The standard InChI is InChI=1S/C16H24N2O2/c1-2-19-15-11-16(20-13-15)5-9-18(10-6-16)12-14-3-7-17-8-4-14/h3-4,7-8,15H,2,5-6,9-13H2,1H3/t15-/m1/s1. The van der Waals surface area contributed by atoms with E-state index in [0.717, 1.165) is 52.1 Å². The third-order valence-corrected chi connectivity index (χ3v) is 4.50. The maximum atomic E-state index is 6.08. The second-order valence-electron chi connectivity index (χ2n) is 5.91. The average Bonchev–Trinajstić information content (AvgIpc) is 2.86. The van der Waals surface area contributed by atoms with Crippen molar-refractivity contribution in [3.05, 3.63) is 30.1 Å². The van der Waals surface area contributed by atoms with Crippen LogP contribution in [0.2, 0.25) is 0 Å². The highest BCUT2D eigenvalue weighted by atomic mass is 16.6. The van der Waals surface area contributed by atoms with Gasteiger partial charge in [-0.2, -0.15) is 0 Å². The molecule has 110 valence electrons. The summed E-state index contributed by atoms with van der Waals surface area (Å²) in [6.07, 6.45) is 7.38. The molecule has 0 aliphatic carbocycles. The first-order chi connectivity index (χ1) is 9.80. The Bertz CT molecular complexity index is 416. The smallest absolute Gasteiger partial charge is 0.0836 e. The van der Waals surface area contributed by atoms with Crippen LogP contribution in [0.25, 0.3) is 0 Å². The molecule has 4 heteroatoms. The minimum absolute atomic E-state index is 0.0918. The quantitative estimate of drug-likeness (QED) is 0.845. The van der Waals surface area contributed by atoms with E-state index in [-0.39, 0.29) is 5.60 Å². The molecule has 2 aliphatic heterocycles. The first kappa shape index (κ1) is 14.0. The Labute approximate surface area is 121 Å². The monoisotopic (exact) mass is 276 g/mol. The summed E-state index contributed by atoms with van der Waals surface area (Å²) in [5, 5.41) is 0. The van der Waals surface area contributed by atoms with Crippen molar-refractivity contribution in [2.24, 2.45) is 0 Å². The summed E-state index contributed by atoms with van der Waals surface area (Å²) in [5.41, 5.74) is 1.43. The van der Waals surface area contributed by atoms with Crippen LogP contribution in [0.3, 0.4) is 0 Å². The van der Waals surface area contributed by atoms with Crippen LogP contribution in [-0.2, 0) is 16.0 Å². The fourth-order valence-corrected chi connectivity index (χ4v) is 3.36. The number of nitrogens with zero attached hydrogens (tertiary/aromatic N) is 2. The minimum Gasteiger partial charge on any atom is -0.376 e. The highest BCUT2D eigenvalue weighted by Gasteiger charge is 2.42. The molecule has 4 nitrogen and oxygen atoms in total. The number of likely N-dealkylation sites (tertiary alicyclic amines) is 1. The van der Waals surface area contributed by atoms with Crippen LogP contribution in [0.1, 0.15) is 31.7 Å². The summed E-state index contributed by atoms with van der Waals surface area (Å²) in [5.74, 6) is 0. The lowest BCUT2D eigenvalue weighted by molar-refractivity contribution is -0.0464. The number of hydrogen-bond donors (Lipinski definition) is 0. The summed E-state index contributed by atoms with van der Waals surface area (Å²) < 4.78 is 11.8. The molecule has 0 unspecified atom stereocenters. The number of pyridine rings is 1. The molecule has 1 atom stereocenters. The Balaban J connectivity index is 1.50. The second-order valence-corrected chi connectivity index (χ2v) is 5.91. The molecule has 0 amide bonds. The van der Waals surface area contributed by atoms with Crippen LogP contribution in [0.5, 0.6) is 0 Å². The van der Waals surface area contributed by atoms with Gasteiger partial charge in [0.2, 0.25) is 0 Å². The van der Waals surface area contributed by atoms with E-state index in [9.17, 15) is 0 Å². The third kappa shape index (κ3) is 3.19. The molecule has 2 aliphatic rings. The molecule has 0 radical (unpaired) electrons. The molecule has 1 spiro atoms. The van der Waals surface area contributed by atoms with Crippen molar-refractivity contribution < 1.29 is 9.47 Å². The van der Waals surface area contributed by atoms with Gasteiger partial charge in [0, 0.05) is 45.1 Å². The Kier molecular flexibility index (Phi) is 4.34. The summed E-state index contributed by atoms with van der Waals surface area (Å²) >= 11 is 0. The molecule has 2 fully saturated rings. The Hall–Kier alpha value is -0.970. The number of hydrogen-bond acceptors (Lipinski definition) is 4. The van der Waals surface area contributed by atoms with Crippen LogP contribution < -0.4 is 0 Å². The molecule has 0 bridgehead atoms. The van der Waals surface area contributed by atoms with E-state index in [1.54, 1.807) is 0 Å². The Morgan fingerprint density at radius 1 is 1.35 bits per heavy atom. The molecule has 2 saturated heterocycles. The SMILES string of the molecule is CCO[C@H]1COC2(CCN(Cc3ccncc3)CC2)C1. The number of piperidine rings is 1. The molecule has 3 heterocycles. The van der Waals surface area contributed by atoms with Crippen LogP contribution >= 0.6 is 0 Å². The average molecular weight is 276 g/mol. The highest BCUT2D eigenvalue weighted by molar-refractivity contribution is 5.09. The van der Waals surface area contributed by atoms with Gasteiger partial charge in [-0.25, -0.2) is 0 Å². The van der Waals surface area contributed by atoms with Gasteiger partial charge < -0.3 is 9.47 Å². The van der Waals surface area contributed by atoms with Gasteiger partial charge in [0.1, 0.15) is 0 Å². The summed E-state index contributed by atoms with van der Waals surface area (Å²) in [7, 11) is 0. The van der Waals surface area contributed by atoms with Gasteiger partial charge in [-0.3, -0.25) is 9.88 Å². The lowest BCUT2D eigenvalue weighted by Crippen LogP contribution is -2.43. The van der Waals surface area contributed by atoms with Crippen LogP contribution in [0, 0.1) is 0 Å². The fraction of sp³-hybridized carbons (Fsp3) is 0.688. The second kappa shape index (κ2) is 6.20. The van der Waals surface area contributed by atoms with E-state index >= 15 is 0 Å². The summed E-state index contributed by atoms with van der Waals surface area (Å²) in [6, 6.07) is 4.20. The van der Waals surface area contributed by atoms with E-state index in [1.807, 2.05) is 12.4 Å². The number of ether oxygens (including phenoxy) is 2. The molecular formula is C16H24N2O2. The predicted molar refractivity (Wildman–Crippen MR) is 77.5 cm³/mol. The molecule has 0 saturated carbocycles. The van der Waals surface area contributed by atoms with Crippen LogP contribution in [-0.4, -0.2) is 47.9 Å². The molecule has 0 N–H and O–H groups in total. The molecule has 0 aromatic carbocycles. The maximum absolute atomic E-state index is 6.08. The topological polar surface area (TPSA) is 34.6 Å². The van der Waals surface area contributed by atoms with Crippen molar-refractivity contribution in [3.8, 4) is 0 Å². The largest absolute Gasteiger partial charge is 0.376 e. The van der Waals surface area contributed by atoms with Gasteiger partial charge in [-0.1, -0.05) is 0 Å². The zero-order valence-electron chi connectivity index (χ0n) is 12.3. The van der Waals surface area contributed by atoms with Crippen LogP contribution in [0.15, 0.2) is 24.5 Å². The molecular weight excluding hydrogens is 252 g/mol. The first-order valence-corrected chi connectivity index (χ1v) is 7.66. The van der Waals surface area contributed by atoms with Crippen molar-refractivity contribution in [2.45, 2.75) is 44.4 Å². The van der Waals surface area contributed by atoms with E-state index in [2.05, 4.69) is 28.9 Å². The van der Waals surface area contributed by atoms with E-state index in [1.165, 1.54) is 5.56 Å². The van der Waals surface area contributed by atoms with Crippen molar-refractivity contribution in [1.29, 1.82) is 0 Å². The molecule has 3 rings (SSSR count). The van der Waals surface area contributed by atoms with Crippen LogP contribution in [0.4, 0.5) is 0 Å². The number of aromatic nitrogens is 1. The van der Waals surface area contributed by atoms with Crippen molar-refractivity contribution in [3.63, 3.8) is 0 Å². The highest BCUT2D eigenvalue weighted by Crippen LogP contribution is 2.37. The van der Waals surface area contributed by atoms with Gasteiger partial charge in [-0.15, -0.1) is 0 Å². The Morgan fingerprint density at radius 2 is 2.10 bits per heavy atom. The van der Waals surface area contributed by atoms with E-state index in [4.69, 9.17) is 9.47 Å². The van der Waals surface area contributed by atoms with Gasteiger partial charge in [0.25, 0.3) is 0 Å². The van der Waals surface area contributed by atoms with Gasteiger partial charge in [-0.05, 0) is 37.5 Å². The molecule has 1 aromatic rings. The normalized spacial score (nSPS) is 26.1. The van der Waals surface area contributed by atoms with Crippen molar-refractivity contribution in [2.75, 3.05) is 26.3 Å². The summed E-state index contributed by atoms with van der Waals surface area (Å²) in [6.45, 7) is 6.87. The minimum atomic E-state index is 0.0918. The molecule has 20 heavy (non-hydrogen) atoms. The molecule has 1 aromatic heterocycles. The van der Waals surface area contributed by atoms with Crippen molar-refractivity contribution in [1.82, 2.24) is 9.88 Å². The van der Waals surface area contributed by atoms with Gasteiger partial charge >= 0.3 is 0 Å². The summed E-state index contributed by atoms with van der Waals surface area (Å²) in [4.78, 5) is 6.58. The zero-order valence-corrected chi connectivity index (χ0v) is 12.3. The maximum Gasteiger partial charge on any atom is 0.0836 e.